The normalized spacial score (nSPS) is 11.5. The molecule has 8 heteroatoms. The zero-order valence-electron chi connectivity index (χ0n) is 13.1. The van der Waals surface area contributed by atoms with Crippen LogP contribution in [0.5, 0.6) is 0 Å². The molecule has 2 aromatic carbocycles. The summed E-state index contributed by atoms with van der Waals surface area (Å²) in [6, 6.07) is 10.00. The Kier molecular flexibility index (Phi) is 5.94. The SMILES string of the molecule is Cc1cc(I)ccc1NC(=O)CN(C)S(=O)(=O)c1ccc(F)cc1. The number of nitrogens with zero attached hydrogens (tertiary/aromatic N) is 1. The Morgan fingerprint density at radius 1 is 1.21 bits per heavy atom. The lowest BCUT2D eigenvalue weighted by Crippen LogP contribution is -2.35. The van der Waals surface area contributed by atoms with Gasteiger partial charge >= 0.3 is 0 Å². The highest BCUT2D eigenvalue weighted by Crippen LogP contribution is 2.18. The largest absolute Gasteiger partial charge is 0.325 e. The number of anilines is 1. The predicted octanol–water partition coefficient (Wildman–Crippen LogP) is 3.00. The van der Waals surface area contributed by atoms with Crippen molar-refractivity contribution in [3.63, 3.8) is 0 Å². The standard InChI is InChI=1S/C16H16FIN2O3S/c1-11-9-13(18)5-8-15(11)19-16(21)10-20(2)24(22,23)14-6-3-12(17)4-7-14/h3-9H,10H2,1-2H3,(H,19,21). The molecule has 2 rings (SSSR count). The van der Waals surface area contributed by atoms with Gasteiger partial charge in [0.1, 0.15) is 5.82 Å². The molecule has 0 aliphatic carbocycles. The minimum Gasteiger partial charge on any atom is -0.325 e. The molecule has 0 saturated heterocycles. The first-order valence-corrected chi connectivity index (χ1v) is 9.50. The molecule has 0 aromatic heterocycles. The number of rotatable bonds is 5. The van der Waals surface area contributed by atoms with Gasteiger partial charge in [-0.2, -0.15) is 4.31 Å². The van der Waals surface area contributed by atoms with Gasteiger partial charge in [-0.05, 0) is 77.5 Å². The van der Waals surface area contributed by atoms with Crippen molar-refractivity contribution in [2.45, 2.75) is 11.8 Å². The molecule has 5 nitrogen and oxygen atoms in total. The fourth-order valence-corrected chi connectivity index (χ4v) is 3.80. The van der Waals surface area contributed by atoms with Gasteiger partial charge in [-0.1, -0.05) is 0 Å². The second-order valence-electron chi connectivity index (χ2n) is 5.22. The first-order valence-electron chi connectivity index (χ1n) is 6.98. The molecule has 0 aliphatic rings. The smallest absolute Gasteiger partial charge is 0.243 e. The second-order valence-corrected chi connectivity index (χ2v) is 8.51. The first kappa shape index (κ1) is 18.8. The van der Waals surface area contributed by atoms with Crippen molar-refractivity contribution >= 4 is 44.2 Å². The van der Waals surface area contributed by atoms with E-state index in [0.717, 1.165) is 25.6 Å². The number of halogens is 2. The van der Waals surface area contributed by atoms with Crippen molar-refractivity contribution in [3.8, 4) is 0 Å². The highest BCUT2D eigenvalue weighted by Gasteiger charge is 2.23. The Labute approximate surface area is 154 Å². The first-order chi connectivity index (χ1) is 11.2. The van der Waals surface area contributed by atoms with Crippen LogP contribution in [0, 0.1) is 16.3 Å². The van der Waals surface area contributed by atoms with E-state index in [1.807, 2.05) is 19.1 Å². The van der Waals surface area contributed by atoms with Gasteiger partial charge in [-0.25, -0.2) is 12.8 Å². The maximum atomic E-state index is 12.9. The van der Waals surface area contributed by atoms with Crippen LogP contribution in [0.2, 0.25) is 0 Å². The van der Waals surface area contributed by atoms with Crippen LogP contribution in [0.4, 0.5) is 10.1 Å². The molecule has 1 amide bonds. The second kappa shape index (κ2) is 7.58. The Hall–Kier alpha value is -1.52. The van der Waals surface area contributed by atoms with Gasteiger partial charge in [0, 0.05) is 16.3 Å². The van der Waals surface area contributed by atoms with Crippen LogP contribution in [0.3, 0.4) is 0 Å². The third-order valence-electron chi connectivity index (χ3n) is 3.35. The minimum absolute atomic E-state index is 0.0651. The molecule has 24 heavy (non-hydrogen) atoms. The lowest BCUT2D eigenvalue weighted by molar-refractivity contribution is -0.116. The lowest BCUT2D eigenvalue weighted by atomic mass is 10.2. The highest BCUT2D eigenvalue weighted by atomic mass is 127. The van der Waals surface area contributed by atoms with Gasteiger partial charge in [0.05, 0.1) is 11.4 Å². The Bertz CT molecular complexity index is 854. The monoisotopic (exact) mass is 462 g/mol. The number of sulfonamides is 1. The van der Waals surface area contributed by atoms with Crippen LogP contribution in [-0.2, 0) is 14.8 Å². The van der Waals surface area contributed by atoms with E-state index >= 15 is 0 Å². The fourth-order valence-electron chi connectivity index (χ4n) is 2.03. The average Bonchev–Trinajstić information content (AvgIpc) is 2.50. The molecule has 0 atom stereocenters. The number of carbonyl (C=O) groups excluding carboxylic acids is 1. The maximum absolute atomic E-state index is 12.9. The van der Waals surface area contributed by atoms with E-state index in [2.05, 4.69) is 27.9 Å². The number of hydrogen-bond acceptors (Lipinski definition) is 3. The van der Waals surface area contributed by atoms with Crippen LogP contribution in [0.25, 0.3) is 0 Å². The van der Waals surface area contributed by atoms with E-state index in [-0.39, 0.29) is 11.4 Å². The highest BCUT2D eigenvalue weighted by molar-refractivity contribution is 14.1. The Morgan fingerprint density at radius 2 is 1.83 bits per heavy atom. The van der Waals surface area contributed by atoms with Gasteiger partial charge in [0.25, 0.3) is 0 Å². The number of amides is 1. The van der Waals surface area contributed by atoms with E-state index in [0.29, 0.717) is 5.69 Å². The molecule has 0 heterocycles. The number of benzene rings is 2. The number of likely N-dealkylation sites (N-methyl/N-ethyl adjacent to an activating group) is 1. The summed E-state index contributed by atoms with van der Waals surface area (Å²) in [5, 5.41) is 2.69. The molecule has 0 unspecified atom stereocenters. The van der Waals surface area contributed by atoms with E-state index in [1.54, 1.807) is 6.07 Å². The lowest BCUT2D eigenvalue weighted by Gasteiger charge is -2.17. The van der Waals surface area contributed by atoms with Crippen molar-refractivity contribution in [3.05, 3.63) is 57.4 Å². The van der Waals surface area contributed by atoms with Crippen LogP contribution >= 0.6 is 22.6 Å². The zero-order valence-corrected chi connectivity index (χ0v) is 16.1. The Morgan fingerprint density at radius 3 is 2.42 bits per heavy atom. The van der Waals surface area contributed by atoms with Crippen LogP contribution < -0.4 is 5.32 Å². The molecule has 0 radical (unpaired) electrons. The number of hydrogen-bond donors (Lipinski definition) is 1. The van der Waals surface area contributed by atoms with Crippen molar-refractivity contribution in [2.75, 3.05) is 18.9 Å². The Balaban J connectivity index is 2.09. The molecule has 0 spiro atoms. The molecular weight excluding hydrogens is 446 g/mol. The van der Waals surface area contributed by atoms with Gasteiger partial charge in [-0.15, -0.1) is 0 Å². The maximum Gasteiger partial charge on any atom is 0.243 e. The topological polar surface area (TPSA) is 66.5 Å². The van der Waals surface area contributed by atoms with E-state index in [4.69, 9.17) is 0 Å². The predicted molar refractivity (Wildman–Crippen MR) is 98.7 cm³/mol. The van der Waals surface area contributed by atoms with E-state index < -0.39 is 21.7 Å². The van der Waals surface area contributed by atoms with Gasteiger partial charge in [0.15, 0.2) is 0 Å². The fraction of sp³-hybridized carbons (Fsp3) is 0.188. The number of carbonyl (C=O) groups is 1. The van der Waals surface area contributed by atoms with Gasteiger partial charge < -0.3 is 5.32 Å². The summed E-state index contributed by atoms with van der Waals surface area (Å²) in [6.45, 7) is 1.52. The summed E-state index contributed by atoms with van der Waals surface area (Å²) in [6.07, 6.45) is 0. The molecule has 0 saturated carbocycles. The van der Waals surface area contributed by atoms with Crippen molar-refractivity contribution in [1.29, 1.82) is 0 Å². The van der Waals surface area contributed by atoms with Crippen LogP contribution in [-0.4, -0.2) is 32.2 Å². The third-order valence-corrected chi connectivity index (χ3v) is 5.84. The molecular formula is C16H16FIN2O3S. The molecule has 1 N–H and O–H groups in total. The van der Waals surface area contributed by atoms with E-state index in [9.17, 15) is 17.6 Å². The summed E-state index contributed by atoms with van der Waals surface area (Å²) < 4.78 is 39.6. The summed E-state index contributed by atoms with van der Waals surface area (Å²) in [5.41, 5.74) is 1.52. The molecule has 2 aromatic rings. The van der Waals surface area contributed by atoms with Gasteiger partial charge in [-0.3, -0.25) is 4.79 Å². The summed E-state index contributed by atoms with van der Waals surface area (Å²) in [4.78, 5) is 12.0. The zero-order chi connectivity index (χ0) is 17.9. The molecule has 0 bridgehead atoms. The minimum atomic E-state index is -3.86. The van der Waals surface area contributed by atoms with Crippen molar-refractivity contribution in [1.82, 2.24) is 4.31 Å². The van der Waals surface area contributed by atoms with Crippen molar-refractivity contribution < 1.29 is 17.6 Å². The summed E-state index contributed by atoms with van der Waals surface area (Å²) in [7, 11) is -2.55. The molecule has 0 aliphatic heterocycles. The summed E-state index contributed by atoms with van der Waals surface area (Å²) in [5.74, 6) is -0.976. The van der Waals surface area contributed by atoms with Crippen LogP contribution in [0.15, 0.2) is 47.4 Å². The van der Waals surface area contributed by atoms with Crippen LogP contribution in [0.1, 0.15) is 5.56 Å². The van der Waals surface area contributed by atoms with Crippen molar-refractivity contribution in [2.24, 2.45) is 0 Å². The molecule has 128 valence electrons. The average molecular weight is 462 g/mol. The third kappa shape index (κ3) is 4.52. The molecule has 0 fully saturated rings. The quantitative estimate of drug-likeness (QED) is 0.696. The number of nitrogens with one attached hydrogen (secondary N) is 1. The van der Waals surface area contributed by atoms with E-state index in [1.165, 1.54) is 19.2 Å². The summed E-state index contributed by atoms with van der Waals surface area (Å²) >= 11 is 2.17. The van der Waals surface area contributed by atoms with Gasteiger partial charge in [0.2, 0.25) is 15.9 Å². The number of aryl methyl sites for hydroxylation is 1.